The first-order valence-electron chi connectivity index (χ1n) is 3.37. The maximum absolute atomic E-state index is 8.66. The summed E-state index contributed by atoms with van der Waals surface area (Å²) in [5, 5.41) is 8.66. The minimum Gasteiger partial charge on any atom is -0.340 e. The average molecular weight is 166 g/mol. The van der Waals surface area contributed by atoms with Crippen LogP contribution in [0.3, 0.4) is 0 Å². The minimum absolute atomic E-state index is 0.696. The lowest BCUT2D eigenvalue weighted by Gasteiger charge is -1.97. The van der Waals surface area contributed by atoms with E-state index >= 15 is 0 Å². The summed E-state index contributed by atoms with van der Waals surface area (Å²) in [5.41, 5.74) is 2.95. The third-order valence-electron chi connectivity index (χ3n) is 1.93. The molecule has 0 unspecified atom stereocenters. The minimum atomic E-state index is 0.696. The van der Waals surface area contributed by atoms with Crippen molar-refractivity contribution in [2.75, 3.05) is 0 Å². The fourth-order valence-corrected chi connectivity index (χ4v) is 1.35. The quantitative estimate of drug-likeness (QED) is 0.631. The molecule has 1 heterocycles. The molecule has 0 saturated carbocycles. The van der Waals surface area contributed by atoms with E-state index < -0.39 is 0 Å². The van der Waals surface area contributed by atoms with Gasteiger partial charge in [0.25, 0.3) is 0 Å². The average Bonchev–Trinajstić information content (AvgIpc) is 2.30. The van der Waals surface area contributed by atoms with Gasteiger partial charge in [0.15, 0.2) is 0 Å². The molecule has 1 aromatic rings. The second kappa shape index (κ2) is 3.02. The van der Waals surface area contributed by atoms with Crippen molar-refractivity contribution in [1.29, 1.82) is 5.26 Å². The van der Waals surface area contributed by atoms with E-state index in [2.05, 4.69) is 18.7 Å². The fraction of sp³-hybridized carbons (Fsp3) is 0.375. The van der Waals surface area contributed by atoms with Crippen LogP contribution < -0.4 is 0 Å². The third-order valence-corrected chi connectivity index (χ3v) is 2.27. The van der Waals surface area contributed by atoms with Crippen molar-refractivity contribution in [2.45, 2.75) is 12.7 Å². The summed E-state index contributed by atoms with van der Waals surface area (Å²) in [7, 11) is 1.89. The molecule has 3 heteroatoms. The summed E-state index contributed by atoms with van der Waals surface area (Å²) in [6, 6.07) is 4.00. The van der Waals surface area contributed by atoms with E-state index in [4.69, 9.17) is 5.26 Å². The molecule has 0 radical (unpaired) electrons. The molecule has 58 valence electrons. The normalized spacial score (nSPS) is 9.64. The van der Waals surface area contributed by atoms with Crippen molar-refractivity contribution in [3.8, 4) is 6.07 Å². The number of nitriles is 1. The molecule has 0 spiro atoms. The summed E-state index contributed by atoms with van der Waals surface area (Å²) in [6.45, 7) is 1.99. The zero-order valence-electron chi connectivity index (χ0n) is 6.63. The summed E-state index contributed by atoms with van der Waals surface area (Å²) >= 11 is 4.16. The lowest BCUT2D eigenvalue weighted by Crippen LogP contribution is -1.94. The molecule has 0 aliphatic rings. The number of hydrogen-bond donors (Lipinski definition) is 1. The van der Waals surface area contributed by atoms with Crippen molar-refractivity contribution >= 4 is 12.6 Å². The van der Waals surface area contributed by atoms with Gasteiger partial charge < -0.3 is 4.57 Å². The molecule has 0 N–H and O–H groups in total. The first-order chi connectivity index (χ1) is 5.20. The van der Waals surface area contributed by atoms with Crippen LogP contribution in [0.2, 0.25) is 0 Å². The fourth-order valence-electron chi connectivity index (χ4n) is 1.03. The molecule has 0 fully saturated rings. The third kappa shape index (κ3) is 1.26. The molecule has 0 aliphatic heterocycles. The Balaban J connectivity index is 3.26. The van der Waals surface area contributed by atoms with Crippen LogP contribution >= 0.6 is 12.6 Å². The topological polar surface area (TPSA) is 28.7 Å². The van der Waals surface area contributed by atoms with Crippen LogP contribution in [0.15, 0.2) is 6.07 Å². The highest BCUT2D eigenvalue weighted by Crippen LogP contribution is 2.14. The highest BCUT2D eigenvalue weighted by atomic mass is 32.1. The lowest BCUT2D eigenvalue weighted by molar-refractivity contribution is 0.861. The van der Waals surface area contributed by atoms with Gasteiger partial charge in [-0.1, -0.05) is 0 Å². The summed E-state index contributed by atoms with van der Waals surface area (Å²) in [4.78, 5) is 0. The Bertz CT molecular complexity index is 307. The van der Waals surface area contributed by atoms with Crippen LogP contribution in [0.25, 0.3) is 0 Å². The molecular formula is C8H10N2S. The van der Waals surface area contributed by atoms with Crippen molar-refractivity contribution in [2.24, 2.45) is 7.05 Å². The molecule has 0 bridgehead atoms. The largest absolute Gasteiger partial charge is 0.340 e. The predicted molar refractivity (Wildman–Crippen MR) is 47.6 cm³/mol. The highest BCUT2D eigenvalue weighted by molar-refractivity contribution is 7.79. The maximum atomic E-state index is 8.66. The summed E-state index contributed by atoms with van der Waals surface area (Å²) in [6.07, 6.45) is 0. The van der Waals surface area contributed by atoms with Crippen LogP contribution in [0.5, 0.6) is 0 Å². The van der Waals surface area contributed by atoms with E-state index in [0.717, 1.165) is 11.3 Å². The van der Waals surface area contributed by atoms with Gasteiger partial charge in [-0.15, -0.1) is 0 Å². The van der Waals surface area contributed by atoms with E-state index in [1.807, 2.05) is 24.6 Å². The van der Waals surface area contributed by atoms with Crippen molar-refractivity contribution in [1.82, 2.24) is 4.57 Å². The van der Waals surface area contributed by atoms with Gasteiger partial charge >= 0.3 is 0 Å². The predicted octanol–water partition coefficient (Wildman–Crippen LogP) is 1.64. The van der Waals surface area contributed by atoms with Gasteiger partial charge in [0, 0.05) is 18.5 Å². The molecule has 0 amide bonds. The number of thiol groups is 1. The van der Waals surface area contributed by atoms with E-state index in [0.29, 0.717) is 11.4 Å². The van der Waals surface area contributed by atoms with Gasteiger partial charge in [-0.2, -0.15) is 17.9 Å². The Hall–Kier alpha value is -0.880. The standard InChI is InChI=1S/C8H10N2S/c1-6-7(5-11)3-8(4-9)10(6)2/h3,11H,5H2,1-2H3. The van der Waals surface area contributed by atoms with Gasteiger partial charge in [0.05, 0.1) is 0 Å². The zero-order valence-corrected chi connectivity index (χ0v) is 7.52. The first-order valence-corrected chi connectivity index (χ1v) is 4.00. The zero-order chi connectivity index (χ0) is 8.43. The molecule has 0 aromatic carbocycles. The van der Waals surface area contributed by atoms with Crippen LogP contribution in [-0.4, -0.2) is 4.57 Å². The van der Waals surface area contributed by atoms with E-state index in [9.17, 15) is 0 Å². The van der Waals surface area contributed by atoms with Crippen LogP contribution in [0, 0.1) is 18.3 Å². The van der Waals surface area contributed by atoms with Gasteiger partial charge in [-0.3, -0.25) is 0 Å². The molecule has 1 aromatic heterocycles. The van der Waals surface area contributed by atoms with Crippen LogP contribution in [0.1, 0.15) is 17.0 Å². The van der Waals surface area contributed by atoms with Crippen molar-refractivity contribution < 1.29 is 0 Å². The van der Waals surface area contributed by atoms with Gasteiger partial charge in [0.2, 0.25) is 0 Å². The van der Waals surface area contributed by atoms with Gasteiger partial charge in [-0.05, 0) is 18.6 Å². The first kappa shape index (κ1) is 8.22. The molecule has 0 atom stereocenters. The van der Waals surface area contributed by atoms with E-state index in [1.165, 1.54) is 0 Å². The Kier molecular flexibility index (Phi) is 2.25. The SMILES string of the molecule is Cc1c(CS)cc(C#N)n1C. The highest BCUT2D eigenvalue weighted by Gasteiger charge is 2.05. The van der Waals surface area contributed by atoms with Crippen molar-refractivity contribution in [3.63, 3.8) is 0 Å². The van der Waals surface area contributed by atoms with E-state index in [-0.39, 0.29) is 0 Å². The van der Waals surface area contributed by atoms with Crippen molar-refractivity contribution in [3.05, 3.63) is 23.0 Å². The Morgan fingerprint density at radius 3 is 2.64 bits per heavy atom. The van der Waals surface area contributed by atoms with Crippen LogP contribution in [0.4, 0.5) is 0 Å². The number of nitrogens with zero attached hydrogens (tertiary/aromatic N) is 2. The van der Waals surface area contributed by atoms with Gasteiger partial charge in [0.1, 0.15) is 11.8 Å². The molecule has 11 heavy (non-hydrogen) atoms. The Morgan fingerprint density at radius 2 is 2.36 bits per heavy atom. The van der Waals surface area contributed by atoms with Gasteiger partial charge in [-0.25, -0.2) is 0 Å². The summed E-state index contributed by atoms with van der Waals surface area (Å²) in [5.74, 6) is 0.696. The monoisotopic (exact) mass is 166 g/mol. The second-order valence-corrected chi connectivity index (χ2v) is 2.79. The molecule has 2 nitrogen and oxygen atoms in total. The smallest absolute Gasteiger partial charge is 0.120 e. The molecule has 1 rings (SSSR count). The second-order valence-electron chi connectivity index (χ2n) is 2.47. The molecule has 0 saturated heterocycles. The maximum Gasteiger partial charge on any atom is 0.120 e. The Labute approximate surface area is 71.9 Å². The summed E-state index contributed by atoms with van der Waals surface area (Å²) < 4.78 is 1.88. The number of hydrogen-bond acceptors (Lipinski definition) is 2. The molecular weight excluding hydrogens is 156 g/mol. The lowest BCUT2D eigenvalue weighted by atomic mass is 10.3. The Morgan fingerprint density at radius 1 is 1.73 bits per heavy atom. The van der Waals surface area contributed by atoms with Crippen LogP contribution in [-0.2, 0) is 12.8 Å². The number of rotatable bonds is 1. The number of aromatic nitrogens is 1. The molecule has 0 aliphatic carbocycles. The van der Waals surface area contributed by atoms with E-state index in [1.54, 1.807) is 0 Å².